The van der Waals surface area contributed by atoms with Gasteiger partial charge in [-0.3, -0.25) is 9.78 Å². The third-order valence-corrected chi connectivity index (χ3v) is 6.93. The molecule has 4 heterocycles. The fourth-order valence-corrected chi connectivity index (χ4v) is 4.35. The number of aromatic nitrogens is 5. The Bertz CT molecular complexity index is 1440. The topological polar surface area (TPSA) is 137 Å². The van der Waals surface area contributed by atoms with Gasteiger partial charge in [0.1, 0.15) is 23.3 Å². The Morgan fingerprint density at radius 3 is 2.73 bits per heavy atom. The molecule has 1 N–H and O–H groups in total. The maximum atomic E-state index is 12.0. The van der Waals surface area contributed by atoms with Crippen LogP contribution in [0.25, 0.3) is 22.6 Å². The van der Waals surface area contributed by atoms with E-state index < -0.39 is 15.9 Å². The van der Waals surface area contributed by atoms with E-state index in [2.05, 4.69) is 24.9 Å². The van der Waals surface area contributed by atoms with E-state index in [4.69, 9.17) is 9.47 Å². The van der Waals surface area contributed by atoms with Crippen molar-refractivity contribution in [1.29, 1.82) is 0 Å². The number of cyclic esters (lactones) is 1. The van der Waals surface area contributed by atoms with Gasteiger partial charge in [-0.2, -0.15) is 0 Å². The lowest BCUT2D eigenvalue weighted by Crippen LogP contribution is -2.06. The van der Waals surface area contributed by atoms with Crippen molar-refractivity contribution in [3.05, 3.63) is 54.6 Å². The molecule has 0 radical (unpaired) electrons. The number of hydrogen-bond acceptors (Lipinski definition) is 9. The van der Waals surface area contributed by atoms with Crippen LogP contribution in [0.1, 0.15) is 31.4 Å². The van der Waals surface area contributed by atoms with E-state index in [1.54, 1.807) is 37.6 Å². The van der Waals surface area contributed by atoms with Crippen molar-refractivity contribution in [2.24, 2.45) is 0 Å². The summed E-state index contributed by atoms with van der Waals surface area (Å²) in [5, 5.41) is -0.0140. The molecule has 3 aromatic heterocycles. The number of esters is 1. The van der Waals surface area contributed by atoms with Crippen LogP contribution in [0.3, 0.4) is 0 Å². The second-order valence-corrected chi connectivity index (χ2v) is 9.66. The number of fused-ring (bicyclic) bond motifs is 1. The van der Waals surface area contributed by atoms with Crippen LogP contribution in [0, 0.1) is 0 Å². The lowest BCUT2D eigenvalue weighted by Gasteiger charge is -2.15. The Morgan fingerprint density at radius 1 is 1.18 bits per heavy atom. The first-order valence-electron chi connectivity index (χ1n) is 10.3. The van der Waals surface area contributed by atoms with Gasteiger partial charge >= 0.3 is 5.97 Å². The minimum Gasteiger partial charge on any atom is -0.457 e. The maximum Gasteiger partial charge on any atom is 0.306 e. The zero-order valence-electron chi connectivity index (χ0n) is 17.6. The first-order valence-corrected chi connectivity index (χ1v) is 11.9. The molecule has 0 aliphatic carbocycles. The van der Waals surface area contributed by atoms with E-state index in [0.717, 1.165) is 0 Å². The summed E-state index contributed by atoms with van der Waals surface area (Å²) < 4.78 is 35.6. The van der Waals surface area contributed by atoms with Crippen molar-refractivity contribution in [3.8, 4) is 23.0 Å². The molecule has 1 aliphatic rings. The standard InChI is InChI=1S/C22H19N5O5S/c1-2-33(29,30)20-5-3-13(11-25-20)31-19-10-16-15(9-14(19)18-4-6-21(28)32-18)26-22(27-16)17-12-23-7-8-24-17/h3,5,7-12,18H,2,4,6H2,1H3,(H,26,27). The van der Waals surface area contributed by atoms with E-state index in [9.17, 15) is 13.2 Å². The van der Waals surface area contributed by atoms with Crippen molar-refractivity contribution in [2.45, 2.75) is 30.9 Å². The minimum atomic E-state index is -3.42. The van der Waals surface area contributed by atoms with Crippen molar-refractivity contribution in [2.75, 3.05) is 5.75 Å². The fourth-order valence-electron chi connectivity index (χ4n) is 3.57. The molecule has 1 unspecified atom stereocenters. The van der Waals surface area contributed by atoms with Gasteiger partial charge < -0.3 is 14.5 Å². The zero-order chi connectivity index (χ0) is 23.0. The van der Waals surface area contributed by atoms with Crippen molar-refractivity contribution in [3.63, 3.8) is 0 Å². The average Bonchev–Trinajstić information content (AvgIpc) is 3.45. The van der Waals surface area contributed by atoms with Crippen LogP contribution in [0.2, 0.25) is 0 Å². The fraction of sp³-hybridized carbons (Fsp3) is 0.227. The summed E-state index contributed by atoms with van der Waals surface area (Å²) in [7, 11) is -3.42. The number of aromatic amines is 1. The van der Waals surface area contributed by atoms with Crippen LogP contribution in [0.4, 0.5) is 0 Å². The molecule has 33 heavy (non-hydrogen) atoms. The molecule has 10 nitrogen and oxygen atoms in total. The van der Waals surface area contributed by atoms with E-state index in [1.165, 1.54) is 12.3 Å². The number of H-pyrrole nitrogens is 1. The molecule has 0 spiro atoms. The summed E-state index contributed by atoms with van der Waals surface area (Å²) in [5.74, 6) is 1.03. The number of nitrogens with one attached hydrogen (secondary N) is 1. The van der Waals surface area contributed by atoms with E-state index in [0.29, 0.717) is 52.5 Å². The van der Waals surface area contributed by atoms with E-state index in [-0.39, 0.29) is 16.7 Å². The largest absolute Gasteiger partial charge is 0.457 e. The summed E-state index contributed by atoms with van der Waals surface area (Å²) >= 11 is 0. The Hall–Kier alpha value is -3.86. The van der Waals surface area contributed by atoms with Crippen molar-refractivity contribution in [1.82, 2.24) is 24.9 Å². The van der Waals surface area contributed by atoms with Crippen LogP contribution in [-0.2, 0) is 19.4 Å². The highest BCUT2D eigenvalue weighted by molar-refractivity contribution is 7.91. The second-order valence-electron chi connectivity index (χ2n) is 7.44. The van der Waals surface area contributed by atoms with Gasteiger partial charge in [-0.25, -0.2) is 23.4 Å². The first kappa shape index (κ1) is 21.0. The third-order valence-electron chi connectivity index (χ3n) is 5.29. The molecule has 4 aromatic rings. The van der Waals surface area contributed by atoms with Gasteiger partial charge in [0, 0.05) is 30.4 Å². The number of ether oxygens (including phenoxy) is 2. The number of benzene rings is 1. The number of carbonyl (C=O) groups is 1. The molecule has 0 amide bonds. The molecule has 1 atom stereocenters. The molecule has 1 aromatic carbocycles. The summed E-state index contributed by atoms with van der Waals surface area (Å²) in [4.78, 5) is 31.9. The third kappa shape index (κ3) is 4.14. The normalized spacial score (nSPS) is 16.2. The molecular formula is C22H19N5O5S. The van der Waals surface area contributed by atoms with Crippen LogP contribution < -0.4 is 4.74 Å². The lowest BCUT2D eigenvalue weighted by molar-refractivity contribution is -0.141. The van der Waals surface area contributed by atoms with Gasteiger partial charge in [-0.1, -0.05) is 6.92 Å². The number of rotatable bonds is 6. The molecule has 0 saturated carbocycles. The van der Waals surface area contributed by atoms with E-state index in [1.807, 2.05) is 6.07 Å². The van der Waals surface area contributed by atoms with E-state index >= 15 is 0 Å². The zero-order valence-corrected chi connectivity index (χ0v) is 18.4. The first-order chi connectivity index (χ1) is 15.9. The van der Waals surface area contributed by atoms with Gasteiger partial charge in [-0.15, -0.1) is 0 Å². The highest BCUT2D eigenvalue weighted by atomic mass is 32.2. The molecular weight excluding hydrogens is 446 g/mol. The Balaban J connectivity index is 1.55. The van der Waals surface area contributed by atoms with Crippen LogP contribution in [0.15, 0.2) is 54.1 Å². The number of pyridine rings is 1. The highest BCUT2D eigenvalue weighted by Gasteiger charge is 2.29. The molecule has 168 valence electrons. The van der Waals surface area contributed by atoms with Gasteiger partial charge in [0.05, 0.1) is 29.2 Å². The number of imidazole rings is 1. The summed E-state index contributed by atoms with van der Waals surface area (Å²) in [6.45, 7) is 1.56. The molecule has 1 saturated heterocycles. The molecule has 1 aliphatic heterocycles. The number of sulfone groups is 1. The lowest BCUT2D eigenvalue weighted by atomic mass is 10.0. The monoisotopic (exact) mass is 465 g/mol. The maximum absolute atomic E-state index is 12.0. The highest BCUT2D eigenvalue weighted by Crippen LogP contribution is 2.39. The predicted molar refractivity (Wildman–Crippen MR) is 117 cm³/mol. The number of nitrogens with zero attached hydrogens (tertiary/aromatic N) is 4. The Kier molecular flexibility index (Phi) is 5.25. The Morgan fingerprint density at radius 2 is 2.06 bits per heavy atom. The molecule has 5 rings (SSSR count). The Labute approximate surface area is 189 Å². The number of carbonyl (C=O) groups excluding carboxylic acids is 1. The van der Waals surface area contributed by atoms with Gasteiger partial charge in [-0.05, 0) is 24.6 Å². The average molecular weight is 465 g/mol. The SMILES string of the molecule is CCS(=O)(=O)c1ccc(Oc2cc3[nH]c(-c4cnccn4)nc3cc2C2CCC(=O)O2)cn1. The summed E-state index contributed by atoms with van der Waals surface area (Å²) in [6.07, 6.45) is 6.49. The van der Waals surface area contributed by atoms with Crippen LogP contribution in [0.5, 0.6) is 11.5 Å². The van der Waals surface area contributed by atoms with Gasteiger partial charge in [0.2, 0.25) is 0 Å². The van der Waals surface area contributed by atoms with Crippen LogP contribution in [-0.4, -0.2) is 45.1 Å². The number of hydrogen-bond donors (Lipinski definition) is 1. The van der Waals surface area contributed by atoms with Crippen LogP contribution >= 0.6 is 0 Å². The van der Waals surface area contributed by atoms with Crippen molar-refractivity contribution >= 4 is 26.8 Å². The second kappa shape index (κ2) is 8.24. The van der Waals surface area contributed by atoms with Gasteiger partial charge in [0.15, 0.2) is 20.7 Å². The molecule has 11 heteroatoms. The molecule has 1 fully saturated rings. The molecule has 0 bridgehead atoms. The van der Waals surface area contributed by atoms with Gasteiger partial charge in [0.25, 0.3) is 0 Å². The quantitative estimate of drug-likeness (QED) is 0.425. The van der Waals surface area contributed by atoms with Crippen molar-refractivity contribution < 1.29 is 22.7 Å². The summed E-state index contributed by atoms with van der Waals surface area (Å²) in [5.41, 5.74) is 2.60. The summed E-state index contributed by atoms with van der Waals surface area (Å²) in [6, 6.07) is 6.53. The predicted octanol–water partition coefficient (Wildman–Crippen LogP) is 3.38. The smallest absolute Gasteiger partial charge is 0.306 e. The minimum absolute atomic E-state index is 0.0140.